The lowest BCUT2D eigenvalue weighted by Gasteiger charge is -2.15. The third-order valence-electron chi connectivity index (χ3n) is 4.58. The fourth-order valence-electron chi connectivity index (χ4n) is 2.98. The Balaban J connectivity index is 1.85. The van der Waals surface area contributed by atoms with Crippen molar-refractivity contribution in [2.75, 3.05) is 11.5 Å². The lowest BCUT2D eigenvalue weighted by molar-refractivity contribution is -0.118. The van der Waals surface area contributed by atoms with Gasteiger partial charge in [0.05, 0.1) is 11.5 Å². The number of amides is 2. The van der Waals surface area contributed by atoms with Crippen molar-refractivity contribution in [3.63, 3.8) is 0 Å². The molecule has 1 aliphatic heterocycles. The highest BCUT2D eigenvalue weighted by molar-refractivity contribution is 7.91. The van der Waals surface area contributed by atoms with Gasteiger partial charge < -0.3 is 10.6 Å². The minimum Gasteiger partial charge on any atom is -0.347 e. The summed E-state index contributed by atoms with van der Waals surface area (Å²) < 4.78 is 37.3. The predicted octanol–water partition coefficient (Wildman–Crippen LogP) is 2.21. The van der Waals surface area contributed by atoms with E-state index in [0.717, 1.165) is 5.56 Å². The summed E-state index contributed by atoms with van der Waals surface area (Å²) >= 11 is 0. The molecular formula is C21H21FN2O4S. The smallest absolute Gasteiger partial charge is 0.268 e. The van der Waals surface area contributed by atoms with Crippen molar-refractivity contribution in [1.29, 1.82) is 0 Å². The Morgan fingerprint density at radius 2 is 1.79 bits per heavy atom. The van der Waals surface area contributed by atoms with Crippen LogP contribution >= 0.6 is 0 Å². The van der Waals surface area contributed by atoms with E-state index in [-0.39, 0.29) is 22.8 Å². The van der Waals surface area contributed by atoms with Crippen molar-refractivity contribution in [2.24, 2.45) is 0 Å². The van der Waals surface area contributed by atoms with Crippen LogP contribution in [0.3, 0.4) is 0 Å². The average molecular weight is 416 g/mol. The van der Waals surface area contributed by atoms with Crippen molar-refractivity contribution in [1.82, 2.24) is 10.6 Å². The number of sulfone groups is 1. The molecule has 1 fully saturated rings. The molecule has 2 amide bonds. The summed E-state index contributed by atoms with van der Waals surface area (Å²) in [5.74, 6) is -1.90. The van der Waals surface area contributed by atoms with Crippen LogP contribution in [-0.4, -0.2) is 37.8 Å². The van der Waals surface area contributed by atoms with E-state index in [9.17, 15) is 22.4 Å². The number of aryl methyl sites for hydroxylation is 1. The van der Waals surface area contributed by atoms with Crippen LogP contribution in [0.15, 0.2) is 54.2 Å². The molecule has 2 N–H and O–H groups in total. The molecule has 2 aromatic carbocycles. The molecule has 3 rings (SSSR count). The first-order chi connectivity index (χ1) is 13.7. The highest BCUT2D eigenvalue weighted by Crippen LogP contribution is 2.14. The van der Waals surface area contributed by atoms with Crippen LogP contribution in [0.25, 0.3) is 6.08 Å². The molecule has 8 heteroatoms. The van der Waals surface area contributed by atoms with Gasteiger partial charge in [-0.3, -0.25) is 9.59 Å². The Morgan fingerprint density at radius 3 is 2.41 bits per heavy atom. The second kappa shape index (κ2) is 8.57. The second-order valence-corrected chi connectivity index (χ2v) is 9.20. The van der Waals surface area contributed by atoms with Gasteiger partial charge in [0.25, 0.3) is 11.8 Å². The number of carbonyl (C=O) groups excluding carboxylic acids is 2. The molecule has 0 aromatic heterocycles. The molecule has 1 unspecified atom stereocenters. The first-order valence-corrected chi connectivity index (χ1v) is 10.9. The van der Waals surface area contributed by atoms with E-state index in [1.54, 1.807) is 30.3 Å². The van der Waals surface area contributed by atoms with E-state index >= 15 is 0 Å². The van der Waals surface area contributed by atoms with Gasteiger partial charge in [-0.2, -0.15) is 0 Å². The van der Waals surface area contributed by atoms with Gasteiger partial charge in [0.1, 0.15) is 11.5 Å². The molecule has 0 spiro atoms. The van der Waals surface area contributed by atoms with Gasteiger partial charge in [-0.25, -0.2) is 12.8 Å². The number of rotatable bonds is 5. The largest absolute Gasteiger partial charge is 0.347 e. The highest BCUT2D eigenvalue weighted by Gasteiger charge is 2.30. The number of hydrogen-bond donors (Lipinski definition) is 2. The SMILES string of the molecule is Cc1ccc(C(=O)NC(=Cc2ccccc2F)C(=O)NC2CCS(=O)(=O)C2)cc1. The maximum Gasteiger partial charge on any atom is 0.268 e. The summed E-state index contributed by atoms with van der Waals surface area (Å²) in [6, 6.07) is 12.0. The van der Waals surface area contributed by atoms with Gasteiger partial charge in [0, 0.05) is 17.2 Å². The van der Waals surface area contributed by atoms with Crippen LogP contribution in [0, 0.1) is 12.7 Å². The minimum absolute atomic E-state index is 0.0000330. The number of nitrogens with one attached hydrogen (secondary N) is 2. The minimum atomic E-state index is -3.18. The van der Waals surface area contributed by atoms with Crippen LogP contribution in [0.1, 0.15) is 27.9 Å². The van der Waals surface area contributed by atoms with Crippen molar-refractivity contribution in [3.05, 3.63) is 76.7 Å². The van der Waals surface area contributed by atoms with Gasteiger partial charge in [0.2, 0.25) is 0 Å². The third-order valence-corrected chi connectivity index (χ3v) is 6.35. The average Bonchev–Trinajstić information content (AvgIpc) is 3.01. The summed E-state index contributed by atoms with van der Waals surface area (Å²) in [6.07, 6.45) is 1.53. The molecule has 0 aliphatic carbocycles. The Kier molecular flexibility index (Phi) is 6.12. The van der Waals surface area contributed by atoms with E-state index in [1.165, 1.54) is 24.3 Å². The number of benzene rings is 2. The third kappa shape index (κ3) is 5.51. The van der Waals surface area contributed by atoms with Crippen molar-refractivity contribution < 1.29 is 22.4 Å². The first-order valence-electron chi connectivity index (χ1n) is 9.09. The molecule has 152 valence electrons. The fourth-order valence-corrected chi connectivity index (χ4v) is 4.65. The number of hydrogen-bond acceptors (Lipinski definition) is 4. The van der Waals surface area contributed by atoms with Crippen molar-refractivity contribution >= 4 is 27.7 Å². The Bertz CT molecular complexity index is 1060. The molecule has 6 nitrogen and oxygen atoms in total. The quantitative estimate of drug-likeness (QED) is 0.731. The maximum atomic E-state index is 14.1. The van der Waals surface area contributed by atoms with Gasteiger partial charge >= 0.3 is 0 Å². The van der Waals surface area contributed by atoms with Gasteiger partial charge in [0.15, 0.2) is 9.84 Å². The lowest BCUT2D eigenvalue weighted by Crippen LogP contribution is -2.41. The molecule has 0 radical (unpaired) electrons. The van der Waals surface area contributed by atoms with Crippen LogP contribution in [0.4, 0.5) is 4.39 Å². The summed E-state index contributed by atoms with van der Waals surface area (Å²) in [7, 11) is -3.18. The maximum absolute atomic E-state index is 14.1. The molecule has 0 bridgehead atoms. The lowest BCUT2D eigenvalue weighted by atomic mass is 10.1. The van der Waals surface area contributed by atoms with E-state index < -0.39 is 33.5 Å². The summed E-state index contributed by atoms with van der Waals surface area (Å²) in [4.78, 5) is 25.3. The van der Waals surface area contributed by atoms with E-state index in [0.29, 0.717) is 12.0 Å². The van der Waals surface area contributed by atoms with Crippen LogP contribution < -0.4 is 10.6 Å². The van der Waals surface area contributed by atoms with Crippen molar-refractivity contribution in [3.8, 4) is 0 Å². The van der Waals surface area contributed by atoms with E-state index in [4.69, 9.17) is 0 Å². The zero-order chi connectivity index (χ0) is 21.0. The molecular weight excluding hydrogens is 395 g/mol. The van der Waals surface area contributed by atoms with Crippen molar-refractivity contribution in [2.45, 2.75) is 19.4 Å². The molecule has 2 aromatic rings. The summed E-state index contributed by atoms with van der Waals surface area (Å²) in [5.41, 5.74) is 1.28. The number of carbonyl (C=O) groups is 2. The first kappa shape index (κ1) is 20.7. The van der Waals surface area contributed by atoms with Crippen LogP contribution in [0.2, 0.25) is 0 Å². The number of halogens is 1. The van der Waals surface area contributed by atoms with Gasteiger partial charge in [-0.15, -0.1) is 0 Å². The highest BCUT2D eigenvalue weighted by atomic mass is 32.2. The standard InChI is InChI=1S/C21H21FN2O4S/c1-14-6-8-15(9-7-14)20(25)24-19(12-16-4-2-3-5-18(16)22)21(26)23-17-10-11-29(27,28)13-17/h2-9,12,17H,10-11,13H2,1H3,(H,23,26)(H,24,25). The monoisotopic (exact) mass is 416 g/mol. The van der Waals surface area contributed by atoms with Crippen LogP contribution in [0.5, 0.6) is 0 Å². The van der Waals surface area contributed by atoms with E-state index in [2.05, 4.69) is 10.6 Å². The van der Waals surface area contributed by atoms with Gasteiger partial charge in [-0.1, -0.05) is 35.9 Å². The topological polar surface area (TPSA) is 92.3 Å². The molecule has 29 heavy (non-hydrogen) atoms. The zero-order valence-electron chi connectivity index (χ0n) is 15.8. The molecule has 1 saturated heterocycles. The zero-order valence-corrected chi connectivity index (χ0v) is 16.6. The summed E-state index contributed by atoms with van der Waals surface area (Å²) in [5, 5.41) is 5.13. The molecule has 1 heterocycles. The predicted molar refractivity (Wildman–Crippen MR) is 108 cm³/mol. The Hall–Kier alpha value is -3.00. The van der Waals surface area contributed by atoms with Crippen LogP contribution in [-0.2, 0) is 14.6 Å². The Morgan fingerprint density at radius 1 is 1.10 bits per heavy atom. The molecule has 1 aliphatic rings. The second-order valence-electron chi connectivity index (χ2n) is 6.97. The molecule has 0 saturated carbocycles. The normalized spacial score (nSPS) is 18.3. The van der Waals surface area contributed by atoms with Gasteiger partial charge in [-0.05, 0) is 37.6 Å². The fraction of sp³-hybridized carbons (Fsp3) is 0.238. The summed E-state index contributed by atoms with van der Waals surface area (Å²) in [6.45, 7) is 1.88. The van der Waals surface area contributed by atoms with E-state index in [1.807, 2.05) is 6.92 Å². The Labute approximate surface area is 168 Å². The molecule has 1 atom stereocenters.